The molecular weight excluding hydrogens is 419 g/mol. The van der Waals surface area contributed by atoms with Crippen molar-refractivity contribution in [1.82, 2.24) is 24.6 Å². The van der Waals surface area contributed by atoms with E-state index in [2.05, 4.69) is 21.0 Å². The molecule has 2 aromatic heterocycles. The van der Waals surface area contributed by atoms with Crippen molar-refractivity contribution >= 4 is 17.5 Å². The topological polar surface area (TPSA) is 63.9 Å². The lowest BCUT2D eigenvalue weighted by Gasteiger charge is -2.27. The molecule has 6 nitrogen and oxygen atoms in total. The first kappa shape index (κ1) is 21.3. The first-order chi connectivity index (χ1) is 14.2. The lowest BCUT2D eigenvalue weighted by atomic mass is 10.1. The SMILES string of the molecule is C#CCN(C(=O)c1cc(Cl)cc(C(F)(F)F)c1)C(C)c1ncnn1-c1ccccn1. The van der Waals surface area contributed by atoms with Crippen LogP contribution >= 0.6 is 11.6 Å². The number of pyridine rings is 1. The van der Waals surface area contributed by atoms with E-state index in [1.165, 1.54) is 22.0 Å². The maximum atomic E-state index is 13.1. The summed E-state index contributed by atoms with van der Waals surface area (Å²) >= 11 is 5.82. The van der Waals surface area contributed by atoms with Crippen LogP contribution < -0.4 is 0 Å². The predicted octanol–water partition coefficient (Wildman–Crippen LogP) is 4.17. The van der Waals surface area contributed by atoms with Crippen LogP contribution in [0.4, 0.5) is 13.2 Å². The minimum absolute atomic E-state index is 0.164. The van der Waals surface area contributed by atoms with Gasteiger partial charge in [0.1, 0.15) is 6.33 Å². The first-order valence-electron chi connectivity index (χ1n) is 8.66. The third-order valence-electron chi connectivity index (χ3n) is 4.28. The molecule has 1 aromatic carbocycles. The Kier molecular flexibility index (Phi) is 6.08. The standard InChI is InChI=1S/C20H15ClF3N5O/c1-3-8-28(19(30)14-9-15(20(22,23)24)11-16(21)10-14)13(2)18-26-12-27-29(18)17-6-4-5-7-25-17/h1,4-7,9-13H,8H2,2H3. The number of benzene rings is 1. The van der Waals surface area contributed by atoms with Gasteiger partial charge in [0.2, 0.25) is 0 Å². The molecule has 0 aliphatic heterocycles. The van der Waals surface area contributed by atoms with E-state index in [1.54, 1.807) is 31.3 Å². The highest BCUT2D eigenvalue weighted by atomic mass is 35.5. The molecule has 0 saturated carbocycles. The lowest BCUT2D eigenvalue weighted by Crippen LogP contribution is -2.35. The summed E-state index contributed by atoms with van der Waals surface area (Å²) in [5, 5.41) is 3.92. The molecule has 1 atom stereocenters. The summed E-state index contributed by atoms with van der Waals surface area (Å²) in [6, 6.07) is 7.14. The highest BCUT2D eigenvalue weighted by Gasteiger charge is 2.33. The molecule has 154 valence electrons. The molecule has 30 heavy (non-hydrogen) atoms. The van der Waals surface area contributed by atoms with Gasteiger partial charge in [0, 0.05) is 16.8 Å². The second-order valence-corrected chi connectivity index (χ2v) is 6.69. The van der Waals surface area contributed by atoms with Crippen molar-refractivity contribution < 1.29 is 18.0 Å². The average molecular weight is 434 g/mol. The molecule has 0 radical (unpaired) electrons. The molecule has 0 aliphatic carbocycles. The number of rotatable bonds is 5. The van der Waals surface area contributed by atoms with Gasteiger partial charge in [0.05, 0.1) is 18.2 Å². The zero-order valence-electron chi connectivity index (χ0n) is 15.6. The van der Waals surface area contributed by atoms with Gasteiger partial charge in [-0.15, -0.1) is 6.42 Å². The molecular formula is C20H15ClF3N5O. The molecule has 3 rings (SSSR count). The summed E-state index contributed by atoms with van der Waals surface area (Å²) in [6.45, 7) is 1.48. The number of aromatic nitrogens is 4. The fraction of sp³-hybridized carbons (Fsp3) is 0.200. The molecule has 2 heterocycles. The minimum atomic E-state index is -4.65. The van der Waals surface area contributed by atoms with Crippen molar-refractivity contribution in [3.05, 3.63) is 70.9 Å². The largest absolute Gasteiger partial charge is 0.416 e. The first-order valence-corrected chi connectivity index (χ1v) is 9.03. The van der Waals surface area contributed by atoms with E-state index in [4.69, 9.17) is 18.0 Å². The Hall–Kier alpha value is -3.38. The Morgan fingerprint density at radius 1 is 1.30 bits per heavy atom. The third-order valence-corrected chi connectivity index (χ3v) is 4.49. The summed E-state index contributed by atoms with van der Waals surface area (Å²) in [5.74, 6) is 2.45. The maximum absolute atomic E-state index is 13.1. The highest BCUT2D eigenvalue weighted by Crippen LogP contribution is 2.33. The van der Waals surface area contributed by atoms with Gasteiger partial charge in [0.25, 0.3) is 5.91 Å². The number of amides is 1. The Bertz CT molecular complexity index is 1090. The van der Waals surface area contributed by atoms with Crippen LogP contribution in [-0.2, 0) is 6.18 Å². The molecule has 0 aliphatic rings. The Morgan fingerprint density at radius 3 is 2.70 bits per heavy atom. The van der Waals surface area contributed by atoms with Crippen molar-refractivity contribution in [2.75, 3.05) is 6.54 Å². The van der Waals surface area contributed by atoms with Gasteiger partial charge in [-0.3, -0.25) is 4.79 Å². The fourth-order valence-corrected chi connectivity index (χ4v) is 3.09. The van der Waals surface area contributed by atoms with E-state index in [1.807, 2.05) is 0 Å². The van der Waals surface area contributed by atoms with E-state index in [0.717, 1.165) is 12.1 Å². The predicted molar refractivity (Wildman–Crippen MR) is 104 cm³/mol. The molecule has 1 unspecified atom stereocenters. The monoisotopic (exact) mass is 433 g/mol. The highest BCUT2D eigenvalue weighted by molar-refractivity contribution is 6.31. The van der Waals surface area contributed by atoms with Crippen molar-refractivity contribution in [3.8, 4) is 18.2 Å². The van der Waals surface area contributed by atoms with Crippen LogP contribution in [0.3, 0.4) is 0 Å². The second kappa shape index (κ2) is 8.55. The number of nitrogens with zero attached hydrogens (tertiary/aromatic N) is 5. The fourth-order valence-electron chi connectivity index (χ4n) is 2.86. The smallest absolute Gasteiger partial charge is 0.318 e. The molecule has 3 aromatic rings. The summed E-state index contributed by atoms with van der Waals surface area (Å²) < 4.78 is 40.8. The van der Waals surface area contributed by atoms with Gasteiger partial charge in [-0.25, -0.2) is 9.97 Å². The zero-order chi connectivity index (χ0) is 21.9. The number of halogens is 4. The van der Waals surface area contributed by atoms with Crippen LogP contribution in [0.2, 0.25) is 5.02 Å². The van der Waals surface area contributed by atoms with E-state index in [0.29, 0.717) is 11.6 Å². The molecule has 0 spiro atoms. The number of alkyl halides is 3. The van der Waals surface area contributed by atoms with Crippen molar-refractivity contribution in [3.63, 3.8) is 0 Å². The Morgan fingerprint density at radius 2 is 2.07 bits per heavy atom. The molecule has 0 saturated heterocycles. The maximum Gasteiger partial charge on any atom is 0.416 e. The zero-order valence-corrected chi connectivity index (χ0v) is 16.4. The molecule has 10 heteroatoms. The summed E-state index contributed by atoms with van der Waals surface area (Å²) in [5.41, 5.74) is -1.26. The summed E-state index contributed by atoms with van der Waals surface area (Å²) in [4.78, 5) is 22.7. The van der Waals surface area contributed by atoms with Gasteiger partial charge < -0.3 is 4.90 Å². The Balaban J connectivity index is 2.00. The van der Waals surface area contributed by atoms with Gasteiger partial charge in [-0.1, -0.05) is 23.6 Å². The number of terminal acetylenes is 1. The number of hydrogen-bond acceptors (Lipinski definition) is 4. The van der Waals surface area contributed by atoms with Crippen LogP contribution in [0.5, 0.6) is 0 Å². The van der Waals surface area contributed by atoms with Crippen LogP contribution in [0.15, 0.2) is 48.9 Å². The quantitative estimate of drug-likeness (QED) is 0.566. The van der Waals surface area contributed by atoms with E-state index in [9.17, 15) is 18.0 Å². The van der Waals surface area contributed by atoms with Crippen LogP contribution in [0.1, 0.15) is 34.7 Å². The Labute approximate surface area is 175 Å². The van der Waals surface area contributed by atoms with E-state index < -0.39 is 23.7 Å². The summed E-state index contributed by atoms with van der Waals surface area (Å²) in [7, 11) is 0. The number of carbonyl (C=O) groups excluding carboxylic acids is 1. The van der Waals surface area contributed by atoms with E-state index >= 15 is 0 Å². The number of carbonyl (C=O) groups is 1. The van der Waals surface area contributed by atoms with Crippen LogP contribution in [0.25, 0.3) is 5.82 Å². The van der Waals surface area contributed by atoms with Gasteiger partial charge >= 0.3 is 6.18 Å². The van der Waals surface area contributed by atoms with Crippen LogP contribution in [-0.4, -0.2) is 37.1 Å². The van der Waals surface area contributed by atoms with Crippen molar-refractivity contribution in [2.45, 2.75) is 19.1 Å². The molecule has 1 amide bonds. The molecule has 0 bridgehead atoms. The molecule has 0 N–H and O–H groups in total. The molecule has 0 fully saturated rings. The normalized spacial score (nSPS) is 12.3. The van der Waals surface area contributed by atoms with Crippen molar-refractivity contribution in [1.29, 1.82) is 0 Å². The van der Waals surface area contributed by atoms with Crippen LogP contribution in [0, 0.1) is 12.3 Å². The summed E-state index contributed by atoms with van der Waals surface area (Å²) in [6.07, 6.45) is 3.62. The third kappa shape index (κ3) is 4.44. The van der Waals surface area contributed by atoms with E-state index in [-0.39, 0.29) is 17.1 Å². The minimum Gasteiger partial charge on any atom is -0.318 e. The van der Waals surface area contributed by atoms with Crippen molar-refractivity contribution in [2.24, 2.45) is 0 Å². The number of hydrogen-bond donors (Lipinski definition) is 0. The van der Waals surface area contributed by atoms with Gasteiger partial charge in [-0.2, -0.15) is 23.0 Å². The van der Waals surface area contributed by atoms with Gasteiger partial charge in [0.15, 0.2) is 11.6 Å². The lowest BCUT2D eigenvalue weighted by molar-refractivity contribution is -0.137. The second-order valence-electron chi connectivity index (χ2n) is 6.26. The van der Waals surface area contributed by atoms with Gasteiger partial charge in [-0.05, 0) is 37.3 Å². The average Bonchev–Trinajstić information content (AvgIpc) is 3.20.